The molecule has 0 radical (unpaired) electrons. The number of benzene rings is 2. The normalized spacial score (nSPS) is 16.0. The van der Waals surface area contributed by atoms with Crippen LogP contribution in [0, 0.1) is 5.92 Å². The van der Waals surface area contributed by atoms with Crippen LogP contribution >= 0.6 is 0 Å². The van der Waals surface area contributed by atoms with Crippen molar-refractivity contribution >= 4 is 11.9 Å². The Morgan fingerprint density at radius 2 is 2.00 bits per heavy atom. The van der Waals surface area contributed by atoms with E-state index in [1.54, 1.807) is 7.11 Å². The van der Waals surface area contributed by atoms with Crippen LogP contribution in [0.15, 0.2) is 59.1 Å². The lowest BCUT2D eigenvalue weighted by atomic mass is 9.97. The fourth-order valence-electron chi connectivity index (χ4n) is 4.25. The van der Waals surface area contributed by atoms with Crippen molar-refractivity contribution in [3.05, 3.63) is 60.2 Å². The number of hydrogen-bond donors (Lipinski definition) is 1. The molecule has 8 nitrogen and oxygen atoms in total. The Balaban J connectivity index is 1.22. The van der Waals surface area contributed by atoms with Crippen LogP contribution in [0.1, 0.15) is 24.8 Å². The highest BCUT2D eigenvalue weighted by Crippen LogP contribution is 2.25. The maximum Gasteiger partial charge on any atom is 0.324 e. The first-order chi connectivity index (χ1) is 16.6. The molecule has 1 aliphatic rings. The molecule has 0 saturated carbocycles. The third kappa shape index (κ3) is 6.35. The summed E-state index contributed by atoms with van der Waals surface area (Å²) in [6.45, 7) is 3.91. The maximum atomic E-state index is 12.8. The molecule has 0 aliphatic carbocycles. The minimum absolute atomic E-state index is 0.0767. The Kier molecular flexibility index (Phi) is 8.14. The van der Waals surface area contributed by atoms with Crippen LogP contribution in [-0.4, -0.2) is 61.3 Å². The molecular weight excluding hydrogens is 430 g/mol. The summed E-state index contributed by atoms with van der Waals surface area (Å²) in [6.07, 6.45) is 2.70. The molecule has 1 atom stereocenters. The number of nitrogens with one attached hydrogen (secondary N) is 1. The van der Waals surface area contributed by atoms with E-state index < -0.39 is 0 Å². The number of piperidine rings is 1. The van der Waals surface area contributed by atoms with Crippen LogP contribution in [0.4, 0.5) is 6.01 Å². The second-order valence-corrected chi connectivity index (χ2v) is 8.78. The van der Waals surface area contributed by atoms with Crippen molar-refractivity contribution in [3.8, 4) is 17.1 Å². The molecule has 4 rings (SSSR count). The SMILES string of the molecule is COc1ccc(-c2noc(N3CCC[C@H](C(=O)NCCCN(C)Cc4ccccc4)C3)n2)cc1. The van der Waals surface area contributed by atoms with Crippen molar-refractivity contribution in [1.29, 1.82) is 0 Å². The van der Waals surface area contributed by atoms with Crippen LogP contribution in [0.25, 0.3) is 11.4 Å². The van der Waals surface area contributed by atoms with Gasteiger partial charge in [0.1, 0.15) is 5.75 Å². The Morgan fingerprint density at radius 3 is 2.76 bits per heavy atom. The Hall–Kier alpha value is -3.39. The molecule has 1 aliphatic heterocycles. The Bertz CT molecular complexity index is 1040. The van der Waals surface area contributed by atoms with Crippen LogP contribution in [0.3, 0.4) is 0 Å². The largest absolute Gasteiger partial charge is 0.497 e. The zero-order valence-electron chi connectivity index (χ0n) is 19.9. The van der Waals surface area contributed by atoms with E-state index in [4.69, 9.17) is 9.26 Å². The highest BCUT2D eigenvalue weighted by atomic mass is 16.5. The second-order valence-electron chi connectivity index (χ2n) is 8.78. The number of amides is 1. The molecule has 1 saturated heterocycles. The number of rotatable bonds is 10. The summed E-state index contributed by atoms with van der Waals surface area (Å²) in [5.74, 6) is 1.33. The van der Waals surface area contributed by atoms with Crippen molar-refractivity contribution in [2.24, 2.45) is 5.92 Å². The van der Waals surface area contributed by atoms with Gasteiger partial charge in [-0.2, -0.15) is 4.98 Å². The average Bonchev–Trinajstić information content (AvgIpc) is 3.38. The standard InChI is InChI=1S/C26H33N5O3/c1-30(18-20-8-4-3-5-9-20)16-7-15-27-25(32)22-10-6-17-31(19-22)26-28-24(29-34-26)21-11-13-23(33-2)14-12-21/h3-5,8-9,11-14,22H,6-7,10,15-19H2,1-2H3,(H,27,32)/t22-/m0/s1. The summed E-state index contributed by atoms with van der Waals surface area (Å²) in [6, 6.07) is 18.4. The van der Waals surface area contributed by atoms with Crippen molar-refractivity contribution in [1.82, 2.24) is 20.4 Å². The predicted molar refractivity (Wildman–Crippen MR) is 132 cm³/mol. The van der Waals surface area contributed by atoms with E-state index in [2.05, 4.69) is 51.7 Å². The van der Waals surface area contributed by atoms with Gasteiger partial charge in [0.15, 0.2) is 0 Å². The molecule has 0 unspecified atom stereocenters. The number of anilines is 1. The molecule has 1 N–H and O–H groups in total. The number of aromatic nitrogens is 2. The number of carbonyl (C=O) groups excluding carboxylic acids is 1. The fourth-order valence-corrected chi connectivity index (χ4v) is 4.25. The zero-order valence-corrected chi connectivity index (χ0v) is 19.9. The number of hydrogen-bond acceptors (Lipinski definition) is 7. The summed E-state index contributed by atoms with van der Waals surface area (Å²) in [5.41, 5.74) is 2.16. The molecule has 2 aromatic carbocycles. The summed E-state index contributed by atoms with van der Waals surface area (Å²) in [4.78, 5) is 21.6. The van der Waals surface area contributed by atoms with Gasteiger partial charge in [-0.25, -0.2) is 0 Å². The summed E-state index contributed by atoms with van der Waals surface area (Å²) >= 11 is 0. The Morgan fingerprint density at radius 1 is 1.21 bits per heavy atom. The summed E-state index contributed by atoms with van der Waals surface area (Å²) in [5, 5.41) is 7.24. The summed E-state index contributed by atoms with van der Waals surface area (Å²) < 4.78 is 10.7. The second kappa shape index (κ2) is 11.7. The lowest BCUT2D eigenvalue weighted by Crippen LogP contribution is -2.43. The van der Waals surface area contributed by atoms with Gasteiger partial charge in [0.2, 0.25) is 11.7 Å². The van der Waals surface area contributed by atoms with E-state index >= 15 is 0 Å². The highest BCUT2D eigenvalue weighted by Gasteiger charge is 2.28. The van der Waals surface area contributed by atoms with Crippen molar-refractivity contribution < 1.29 is 14.1 Å². The molecule has 1 aromatic heterocycles. The fraction of sp³-hybridized carbons (Fsp3) is 0.423. The molecule has 3 aromatic rings. The van der Waals surface area contributed by atoms with E-state index in [0.717, 1.165) is 50.2 Å². The average molecular weight is 464 g/mol. The van der Waals surface area contributed by atoms with Gasteiger partial charge in [-0.15, -0.1) is 0 Å². The van der Waals surface area contributed by atoms with Crippen LogP contribution in [0.5, 0.6) is 5.75 Å². The van der Waals surface area contributed by atoms with Gasteiger partial charge in [-0.05, 0) is 62.7 Å². The van der Waals surface area contributed by atoms with Gasteiger partial charge < -0.3 is 24.4 Å². The lowest BCUT2D eigenvalue weighted by molar-refractivity contribution is -0.125. The van der Waals surface area contributed by atoms with Gasteiger partial charge in [-0.3, -0.25) is 4.79 Å². The number of carbonyl (C=O) groups is 1. The van der Waals surface area contributed by atoms with Crippen LogP contribution in [0.2, 0.25) is 0 Å². The minimum Gasteiger partial charge on any atom is -0.497 e. The first kappa shape index (κ1) is 23.8. The first-order valence-corrected chi connectivity index (χ1v) is 11.9. The maximum absolute atomic E-state index is 12.8. The van der Waals surface area contributed by atoms with Gasteiger partial charge in [0, 0.05) is 31.7 Å². The molecule has 0 spiro atoms. The minimum atomic E-state index is -0.0767. The van der Waals surface area contributed by atoms with Gasteiger partial charge in [0.05, 0.1) is 13.0 Å². The lowest BCUT2D eigenvalue weighted by Gasteiger charge is -2.30. The predicted octanol–water partition coefficient (Wildman–Crippen LogP) is 3.60. The smallest absolute Gasteiger partial charge is 0.324 e. The zero-order chi connectivity index (χ0) is 23.8. The van der Waals surface area contributed by atoms with E-state index in [1.165, 1.54) is 5.56 Å². The molecule has 1 fully saturated rings. The topological polar surface area (TPSA) is 83.7 Å². The molecule has 0 bridgehead atoms. The van der Waals surface area contributed by atoms with Crippen LogP contribution in [-0.2, 0) is 11.3 Å². The number of nitrogens with zero attached hydrogens (tertiary/aromatic N) is 4. The van der Waals surface area contributed by atoms with Crippen LogP contribution < -0.4 is 15.0 Å². The molecule has 1 amide bonds. The van der Waals surface area contributed by atoms with Gasteiger partial charge >= 0.3 is 6.01 Å². The third-order valence-electron chi connectivity index (χ3n) is 6.14. The van der Waals surface area contributed by atoms with Crippen molar-refractivity contribution in [3.63, 3.8) is 0 Å². The first-order valence-electron chi connectivity index (χ1n) is 11.9. The van der Waals surface area contributed by atoms with Crippen molar-refractivity contribution in [2.75, 3.05) is 45.2 Å². The third-order valence-corrected chi connectivity index (χ3v) is 6.14. The van der Waals surface area contributed by atoms with Crippen molar-refractivity contribution in [2.45, 2.75) is 25.8 Å². The van der Waals surface area contributed by atoms with E-state index in [9.17, 15) is 4.79 Å². The number of ether oxygens (including phenoxy) is 1. The van der Waals surface area contributed by atoms with Gasteiger partial charge in [0.25, 0.3) is 0 Å². The molecule has 34 heavy (non-hydrogen) atoms. The Labute approximate surface area is 200 Å². The molecule has 180 valence electrons. The molecule has 2 heterocycles. The monoisotopic (exact) mass is 463 g/mol. The van der Waals surface area contributed by atoms with Gasteiger partial charge in [-0.1, -0.05) is 35.5 Å². The number of methoxy groups -OCH3 is 1. The highest BCUT2D eigenvalue weighted by molar-refractivity contribution is 5.79. The molecule has 8 heteroatoms. The van der Waals surface area contributed by atoms with E-state index in [0.29, 0.717) is 24.9 Å². The van der Waals surface area contributed by atoms with E-state index in [1.807, 2.05) is 35.2 Å². The van der Waals surface area contributed by atoms with E-state index in [-0.39, 0.29) is 11.8 Å². The quantitative estimate of drug-likeness (QED) is 0.460. The summed E-state index contributed by atoms with van der Waals surface area (Å²) in [7, 11) is 3.74. The molecular formula is C26H33N5O3.